The fourth-order valence-electron chi connectivity index (χ4n) is 2.93. The van der Waals surface area contributed by atoms with Gasteiger partial charge in [0.2, 0.25) is 5.91 Å². The third-order valence-electron chi connectivity index (χ3n) is 4.45. The molecule has 1 unspecified atom stereocenters. The van der Waals surface area contributed by atoms with Gasteiger partial charge in [0.15, 0.2) is 0 Å². The summed E-state index contributed by atoms with van der Waals surface area (Å²) in [7, 11) is 0. The highest BCUT2D eigenvalue weighted by molar-refractivity contribution is 5.75. The van der Waals surface area contributed by atoms with Crippen molar-refractivity contribution < 1.29 is 4.79 Å². The normalized spacial score (nSPS) is 19.7. The molecule has 1 fully saturated rings. The summed E-state index contributed by atoms with van der Waals surface area (Å²) in [5, 5.41) is 3.12. The summed E-state index contributed by atoms with van der Waals surface area (Å²) < 4.78 is 0. The summed E-state index contributed by atoms with van der Waals surface area (Å²) in [6.07, 6.45) is 8.98. The highest BCUT2D eigenvalue weighted by Crippen LogP contribution is 2.36. The molecule has 1 amide bonds. The molecule has 0 aliphatic heterocycles. The Morgan fingerprint density at radius 1 is 1.33 bits per heavy atom. The van der Waals surface area contributed by atoms with E-state index in [4.69, 9.17) is 5.73 Å². The van der Waals surface area contributed by atoms with Gasteiger partial charge in [0, 0.05) is 13.0 Å². The molecule has 0 saturated heterocycles. The molecular formula is C15H30N2O. The zero-order chi connectivity index (χ0) is 13.4. The summed E-state index contributed by atoms with van der Waals surface area (Å²) in [5.41, 5.74) is 5.93. The zero-order valence-corrected chi connectivity index (χ0v) is 12.1. The number of nitrogens with two attached hydrogens (primary N) is 1. The van der Waals surface area contributed by atoms with E-state index >= 15 is 0 Å². The summed E-state index contributed by atoms with van der Waals surface area (Å²) in [4.78, 5) is 11.8. The molecule has 1 atom stereocenters. The highest BCUT2D eigenvalue weighted by Gasteiger charge is 2.28. The molecule has 1 aliphatic carbocycles. The van der Waals surface area contributed by atoms with Gasteiger partial charge < -0.3 is 11.1 Å². The molecule has 0 radical (unpaired) electrons. The van der Waals surface area contributed by atoms with Gasteiger partial charge in [0.1, 0.15) is 0 Å². The lowest BCUT2D eigenvalue weighted by molar-refractivity contribution is -0.121. The second-order valence-electron chi connectivity index (χ2n) is 6.18. The fourth-order valence-corrected chi connectivity index (χ4v) is 2.93. The second-order valence-corrected chi connectivity index (χ2v) is 6.18. The molecule has 0 heterocycles. The monoisotopic (exact) mass is 254 g/mol. The lowest BCUT2D eigenvalue weighted by Crippen LogP contribution is -2.34. The second kappa shape index (κ2) is 7.78. The number of hydrogen-bond acceptors (Lipinski definition) is 2. The number of amides is 1. The molecule has 3 nitrogen and oxygen atoms in total. The van der Waals surface area contributed by atoms with Crippen LogP contribution in [0.5, 0.6) is 0 Å². The van der Waals surface area contributed by atoms with Crippen LogP contribution >= 0.6 is 0 Å². The van der Waals surface area contributed by atoms with Crippen molar-refractivity contribution in [3.8, 4) is 0 Å². The molecule has 0 spiro atoms. The average Bonchev–Trinajstić information content (AvgIpc) is 2.79. The third kappa shape index (κ3) is 5.38. The molecule has 1 saturated carbocycles. The van der Waals surface area contributed by atoms with Crippen molar-refractivity contribution in [3.05, 3.63) is 0 Å². The molecule has 0 aromatic heterocycles. The Morgan fingerprint density at radius 2 is 2.00 bits per heavy atom. The van der Waals surface area contributed by atoms with Crippen molar-refractivity contribution in [1.29, 1.82) is 0 Å². The molecule has 0 aromatic carbocycles. The first kappa shape index (κ1) is 15.5. The van der Waals surface area contributed by atoms with Crippen LogP contribution in [0.3, 0.4) is 0 Å². The number of nitrogens with one attached hydrogen (secondary N) is 1. The van der Waals surface area contributed by atoms with E-state index in [0.717, 1.165) is 32.4 Å². The van der Waals surface area contributed by atoms with Crippen molar-refractivity contribution in [1.82, 2.24) is 5.32 Å². The summed E-state index contributed by atoms with van der Waals surface area (Å²) in [6, 6.07) is 0. The first-order valence-electron chi connectivity index (χ1n) is 7.56. The maximum Gasteiger partial charge on any atom is 0.220 e. The highest BCUT2D eigenvalue weighted by atomic mass is 16.1. The van der Waals surface area contributed by atoms with Crippen LogP contribution in [0.1, 0.15) is 65.2 Å². The fraction of sp³-hybridized carbons (Fsp3) is 0.933. The summed E-state index contributed by atoms with van der Waals surface area (Å²) >= 11 is 0. The molecule has 1 rings (SSSR count). The molecule has 0 aromatic rings. The van der Waals surface area contributed by atoms with Crippen LogP contribution in [-0.2, 0) is 4.79 Å². The number of hydrogen-bond donors (Lipinski definition) is 2. The van der Waals surface area contributed by atoms with Gasteiger partial charge in [0.05, 0.1) is 0 Å². The first-order valence-corrected chi connectivity index (χ1v) is 7.56. The Labute approximate surface area is 112 Å². The predicted molar refractivity (Wildman–Crippen MR) is 76.3 cm³/mol. The van der Waals surface area contributed by atoms with Crippen LogP contribution in [0.25, 0.3) is 0 Å². The molecule has 106 valence electrons. The van der Waals surface area contributed by atoms with Crippen LogP contribution in [0.15, 0.2) is 0 Å². The quantitative estimate of drug-likeness (QED) is 0.700. The number of rotatable bonds is 8. The third-order valence-corrected chi connectivity index (χ3v) is 4.45. The minimum absolute atomic E-state index is 0.221. The first-order chi connectivity index (χ1) is 8.59. The number of carbonyl (C=O) groups excluding carboxylic acids is 1. The minimum atomic E-state index is 0.221. The van der Waals surface area contributed by atoms with E-state index in [-0.39, 0.29) is 5.91 Å². The average molecular weight is 254 g/mol. The van der Waals surface area contributed by atoms with E-state index < -0.39 is 0 Å². The molecule has 1 aliphatic rings. The van der Waals surface area contributed by atoms with E-state index in [1.165, 1.54) is 25.7 Å². The molecular weight excluding hydrogens is 224 g/mol. The van der Waals surface area contributed by atoms with Gasteiger partial charge in [-0.1, -0.05) is 33.1 Å². The summed E-state index contributed by atoms with van der Waals surface area (Å²) in [6.45, 7) is 6.07. The van der Waals surface area contributed by atoms with Crippen LogP contribution < -0.4 is 11.1 Å². The topological polar surface area (TPSA) is 55.1 Å². The van der Waals surface area contributed by atoms with Gasteiger partial charge in [-0.05, 0) is 43.6 Å². The Morgan fingerprint density at radius 3 is 2.56 bits per heavy atom. The number of carbonyl (C=O) groups is 1. The van der Waals surface area contributed by atoms with E-state index in [1.807, 2.05) is 0 Å². The SMILES string of the molecule is CCC(CCN)CCC(=O)NCC1(C)CCCC1. The molecule has 0 bridgehead atoms. The van der Waals surface area contributed by atoms with E-state index in [2.05, 4.69) is 19.2 Å². The van der Waals surface area contributed by atoms with Crippen LogP contribution in [0, 0.1) is 11.3 Å². The minimum Gasteiger partial charge on any atom is -0.356 e. The van der Waals surface area contributed by atoms with E-state index in [9.17, 15) is 4.79 Å². The van der Waals surface area contributed by atoms with Gasteiger partial charge in [0.25, 0.3) is 0 Å². The smallest absolute Gasteiger partial charge is 0.220 e. The Balaban J connectivity index is 2.17. The maximum atomic E-state index is 11.8. The van der Waals surface area contributed by atoms with E-state index in [0.29, 0.717) is 17.8 Å². The Kier molecular flexibility index (Phi) is 6.69. The largest absolute Gasteiger partial charge is 0.356 e. The van der Waals surface area contributed by atoms with Crippen molar-refractivity contribution >= 4 is 5.91 Å². The van der Waals surface area contributed by atoms with Gasteiger partial charge >= 0.3 is 0 Å². The standard InChI is InChI=1S/C15H30N2O/c1-3-13(8-11-16)6-7-14(18)17-12-15(2)9-4-5-10-15/h13H,3-12,16H2,1-2H3,(H,17,18). The Hall–Kier alpha value is -0.570. The van der Waals surface area contributed by atoms with Gasteiger partial charge in [-0.2, -0.15) is 0 Å². The van der Waals surface area contributed by atoms with Gasteiger partial charge in [-0.15, -0.1) is 0 Å². The van der Waals surface area contributed by atoms with Crippen molar-refractivity contribution in [3.63, 3.8) is 0 Å². The molecule has 18 heavy (non-hydrogen) atoms. The van der Waals surface area contributed by atoms with Crippen LogP contribution in [0.2, 0.25) is 0 Å². The van der Waals surface area contributed by atoms with Crippen molar-refractivity contribution in [2.45, 2.75) is 65.2 Å². The van der Waals surface area contributed by atoms with Crippen molar-refractivity contribution in [2.75, 3.05) is 13.1 Å². The van der Waals surface area contributed by atoms with Crippen LogP contribution in [-0.4, -0.2) is 19.0 Å². The molecule has 3 N–H and O–H groups in total. The van der Waals surface area contributed by atoms with Gasteiger partial charge in [-0.25, -0.2) is 0 Å². The lowest BCUT2D eigenvalue weighted by atomic mass is 9.89. The maximum absolute atomic E-state index is 11.8. The van der Waals surface area contributed by atoms with E-state index in [1.54, 1.807) is 0 Å². The summed E-state index contributed by atoms with van der Waals surface area (Å²) in [5.74, 6) is 0.835. The van der Waals surface area contributed by atoms with Crippen LogP contribution in [0.4, 0.5) is 0 Å². The predicted octanol–water partition coefficient (Wildman–Crippen LogP) is 2.84. The van der Waals surface area contributed by atoms with Crippen molar-refractivity contribution in [2.24, 2.45) is 17.1 Å². The molecule has 3 heteroatoms. The van der Waals surface area contributed by atoms with Gasteiger partial charge in [-0.3, -0.25) is 4.79 Å². The Bertz CT molecular complexity index is 247. The lowest BCUT2D eigenvalue weighted by Gasteiger charge is -2.24. The zero-order valence-electron chi connectivity index (χ0n) is 12.1.